The summed E-state index contributed by atoms with van der Waals surface area (Å²) in [7, 11) is 0. The molecule has 2 rings (SSSR count). The van der Waals surface area contributed by atoms with Gasteiger partial charge in [0.2, 0.25) is 0 Å². The average Bonchev–Trinajstić information content (AvgIpc) is 2.39. The minimum atomic E-state index is 0.581. The molecule has 0 unspecified atom stereocenters. The van der Waals surface area contributed by atoms with Gasteiger partial charge >= 0.3 is 0 Å². The summed E-state index contributed by atoms with van der Waals surface area (Å²) in [5, 5.41) is 0. The number of rotatable bonds is 4. The maximum Gasteiger partial charge on any atom is 0.0474 e. The van der Waals surface area contributed by atoms with Crippen molar-refractivity contribution >= 4 is 39.3 Å². The molecule has 0 aliphatic carbocycles. The zero-order valence-corrected chi connectivity index (χ0v) is 12.4. The smallest absolute Gasteiger partial charge is 0.0474 e. The van der Waals surface area contributed by atoms with E-state index in [-0.39, 0.29) is 0 Å². The van der Waals surface area contributed by atoms with E-state index in [1.807, 2.05) is 11.8 Å². The van der Waals surface area contributed by atoms with Crippen LogP contribution in [0, 0.1) is 0 Å². The van der Waals surface area contributed by atoms with Crippen molar-refractivity contribution in [3.63, 3.8) is 0 Å². The Bertz CT molecular complexity index is 465. The first-order valence-corrected chi connectivity index (χ1v) is 7.61. The summed E-state index contributed by atoms with van der Waals surface area (Å²) in [6.07, 6.45) is 0. The summed E-state index contributed by atoms with van der Waals surface area (Å²) in [6.45, 7) is 0. The monoisotopic (exact) mass is 326 g/mol. The van der Waals surface area contributed by atoms with E-state index < -0.39 is 0 Å². The van der Waals surface area contributed by atoms with Crippen LogP contribution >= 0.6 is 39.3 Å². The minimum absolute atomic E-state index is 0.581. The molecule has 0 atom stereocenters. The van der Waals surface area contributed by atoms with Crippen molar-refractivity contribution < 1.29 is 0 Å². The van der Waals surface area contributed by atoms with Crippen LogP contribution in [0.15, 0.2) is 57.9 Å². The van der Waals surface area contributed by atoms with Crippen molar-refractivity contribution in [2.45, 2.75) is 16.5 Å². The SMILES string of the molecule is ClCc1ccc(SCc2ccc(Br)cc2)cc1. The van der Waals surface area contributed by atoms with Gasteiger partial charge in [-0.2, -0.15) is 0 Å². The van der Waals surface area contributed by atoms with Crippen LogP contribution in [0.3, 0.4) is 0 Å². The van der Waals surface area contributed by atoms with E-state index in [2.05, 4.69) is 64.5 Å². The maximum absolute atomic E-state index is 5.76. The molecule has 0 radical (unpaired) electrons. The van der Waals surface area contributed by atoms with E-state index in [1.165, 1.54) is 16.0 Å². The van der Waals surface area contributed by atoms with E-state index in [0.29, 0.717) is 5.88 Å². The molecular weight excluding hydrogens is 316 g/mol. The van der Waals surface area contributed by atoms with Crippen molar-refractivity contribution in [3.05, 3.63) is 64.1 Å². The van der Waals surface area contributed by atoms with Gasteiger partial charge in [0, 0.05) is 21.0 Å². The van der Waals surface area contributed by atoms with Gasteiger partial charge in [0.15, 0.2) is 0 Å². The lowest BCUT2D eigenvalue weighted by Gasteiger charge is -2.03. The normalized spacial score (nSPS) is 10.5. The zero-order valence-electron chi connectivity index (χ0n) is 9.20. The lowest BCUT2D eigenvalue weighted by atomic mass is 10.2. The Balaban J connectivity index is 1.95. The topological polar surface area (TPSA) is 0 Å². The molecule has 0 amide bonds. The molecule has 0 nitrogen and oxygen atoms in total. The van der Waals surface area contributed by atoms with Crippen LogP contribution in [0.2, 0.25) is 0 Å². The lowest BCUT2D eigenvalue weighted by molar-refractivity contribution is 1.32. The zero-order chi connectivity index (χ0) is 12.1. The van der Waals surface area contributed by atoms with Crippen LogP contribution in [0.4, 0.5) is 0 Å². The summed E-state index contributed by atoms with van der Waals surface area (Å²) >= 11 is 11.0. The van der Waals surface area contributed by atoms with Gasteiger partial charge in [0.1, 0.15) is 0 Å². The third-order valence-corrected chi connectivity index (χ3v) is 4.32. The Morgan fingerprint density at radius 3 is 2.06 bits per heavy atom. The maximum atomic E-state index is 5.76. The number of alkyl halides is 1. The molecular formula is C14H12BrClS. The highest BCUT2D eigenvalue weighted by Crippen LogP contribution is 2.24. The predicted octanol–water partition coefficient (Wildman–Crippen LogP) is 5.48. The van der Waals surface area contributed by atoms with Crippen LogP contribution in [0.25, 0.3) is 0 Å². The van der Waals surface area contributed by atoms with Gasteiger partial charge in [-0.25, -0.2) is 0 Å². The number of benzene rings is 2. The molecule has 0 saturated heterocycles. The number of hydrogen-bond acceptors (Lipinski definition) is 1. The fourth-order valence-electron chi connectivity index (χ4n) is 1.42. The van der Waals surface area contributed by atoms with E-state index >= 15 is 0 Å². The van der Waals surface area contributed by atoms with Gasteiger partial charge < -0.3 is 0 Å². The van der Waals surface area contributed by atoms with Crippen LogP contribution < -0.4 is 0 Å². The summed E-state index contributed by atoms with van der Waals surface area (Å²) in [5.74, 6) is 1.57. The molecule has 0 aliphatic heterocycles. The van der Waals surface area contributed by atoms with Crippen LogP contribution in [0.5, 0.6) is 0 Å². The van der Waals surface area contributed by atoms with Crippen LogP contribution in [0.1, 0.15) is 11.1 Å². The first kappa shape index (κ1) is 13.0. The second-order valence-electron chi connectivity index (χ2n) is 3.69. The molecule has 2 aromatic rings. The first-order valence-electron chi connectivity index (χ1n) is 5.30. The third-order valence-electron chi connectivity index (χ3n) is 2.40. The van der Waals surface area contributed by atoms with Gasteiger partial charge in [-0.3, -0.25) is 0 Å². The molecule has 0 N–H and O–H groups in total. The van der Waals surface area contributed by atoms with E-state index in [9.17, 15) is 0 Å². The van der Waals surface area contributed by atoms with Crippen molar-refractivity contribution in [1.29, 1.82) is 0 Å². The van der Waals surface area contributed by atoms with E-state index in [4.69, 9.17) is 11.6 Å². The lowest BCUT2D eigenvalue weighted by Crippen LogP contribution is -1.81. The fraction of sp³-hybridized carbons (Fsp3) is 0.143. The largest absolute Gasteiger partial charge is 0.122 e. The van der Waals surface area contributed by atoms with Crippen molar-refractivity contribution in [2.75, 3.05) is 0 Å². The molecule has 88 valence electrons. The first-order chi connectivity index (χ1) is 8.28. The minimum Gasteiger partial charge on any atom is -0.122 e. The molecule has 0 spiro atoms. The Labute approximate surface area is 120 Å². The van der Waals surface area contributed by atoms with Crippen molar-refractivity contribution in [3.8, 4) is 0 Å². The standard InChI is InChI=1S/C14H12BrClS/c15-13-5-1-12(2-6-13)10-17-14-7-3-11(9-16)4-8-14/h1-8H,9-10H2. The number of hydrogen-bond donors (Lipinski definition) is 0. The summed E-state index contributed by atoms with van der Waals surface area (Å²) in [4.78, 5) is 1.28. The van der Waals surface area contributed by atoms with E-state index in [1.54, 1.807) is 0 Å². The number of halogens is 2. The average molecular weight is 328 g/mol. The summed E-state index contributed by atoms with van der Waals surface area (Å²) in [5.41, 5.74) is 2.50. The molecule has 17 heavy (non-hydrogen) atoms. The molecule has 0 heterocycles. The molecule has 0 aliphatic rings. The van der Waals surface area contributed by atoms with Gasteiger partial charge in [-0.15, -0.1) is 23.4 Å². The fourth-order valence-corrected chi connectivity index (χ4v) is 2.72. The van der Waals surface area contributed by atoms with Crippen molar-refractivity contribution in [2.24, 2.45) is 0 Å². The highest BCUT2D eigenvalue weighted by atomic mass is 79.9. The molecule has 0 bridgehead atoms. The molecule has 0 saturated carbocycles. The van der Waals surface area contributed by atoms with Gasteiger partial charge in [0.05, 0.1) is 0 Å². The quantitative estimate of drug-likeness (QED) is 0.529. The van der Waals surface area contributed by atoms with E-state index in [0.717, 1.165) is 10.2 Å². The van der Waals surface area contributed by atoms with Crippen LogP contribution in [-0.2, 0) is 11.6 Å². The summed E-state index contributed by atoms with van der Waals surface area (Å²) in [6, 6.07) is 16.9. The number of thioether (sulfide) groups is 1. The van der Waals surface area contributed by atoms with Gasteiger partial charge in [-0.05, 0) is 35.4 Å². The molecule has 2 aromatic carbocycles. The Morgan fingerprint density at radius 1 is 0.882 bits per heavy atom. The van der Waals surface area contributed by atoms with Gasteiger partial charge in [-0.1, -0.05) is 40.2 Å². The predicted molar refractivity (Wildman–Crippen MR) is 79.7 cm³/mol. The Kier molecular flexibility index (Phi) is 4.96. The molecule has 0 aromatic heterocycles. The highest BCUT2D eigenvalue weighted by molar-refractivity contribution is 9.10. The second-order valence-corrected chi connectivity index (χ2v) is 5.92. The van der Waals surface area contributed by atoms with Gasteiger partial charge in [0.25, 0.3) is 0 Å². The Hall–Kier alpha value is -0.440. The third kappa shape index (κ3) is 4.06. The summed E-state index contributed by atoms with van der Waals surface area (Å²) < 4.78 is 1.12. The van der Waals surface area contributed by atoms with Crippen molar-refractivity contribution in [1.82, 2.24) is 0 Å². The Morgan fingerprint density at radius 2 is 1.47 bits per heavy atom. The molecule has 3 heteroatoms. The molecule has 0 fully saturated rings. The highest BCUT2D eigenvalue weighted by Gasteiger charge is 1.97. The van der Waals surface area contributed by atoms with Crippen LogP contribution in [-0.4, -0.2) is 0 Å². The second kappa shape index (κ2) is 6.48.